The van der Waals surface area contributed by atoms with E-state index in [4.69, 9.17) is 15.2 Å². The number of hydrogen-bond donors (Lipinski definition) is 3. The van der Waals surface area contributed by atoms with Gasteiger partial charge in [-0.15, -0.1) is 0 Å². The Morgan fingerprint density at radius 1 is 0.889 bits per heavy atom. The van der Waals surface area contributed by atoms with Crippen molar-refractivity contribution < 1.29 is 9.47 Å². The van der Waals surface area contributed by atoms with Crippen LogP contribution in [0.4, 0.5) is 17.3 Å². The molecule has 3 aromatic rings. The van der Waals surface area contributed by atoms with Gasteiger partial charge in [-0.3, -0.25) is 0 Å². The average Bonchev–Trinajstić information content (AvgIpc) is 3.15. The molecule has 0 atom stereocenters. The second-order valence-electron chi connectivity index (χ2n) is 6.36. The first-order valence-electron chi connectivity index (χ1n) is 8.71. The maximum atomic E-state index is 6.23. The first kappa shape index (κ1) is 17.0. The molecule has 0 aliphatic carbocycles. The van der Waals surface area contributed by atoms with Crippen molar-refractivity contribution in [3.8, 4) is 11.5 Å². The van der Waals surface area contributed by atoms with Crippen molar-refractivity contribution in [3.05, 3.63) is 65.5 Å². The van der Waals surface area contributed by atoms with Crippen LogP contribution in [0.1, 0.15) is 16.7 Å². The summed E-state index contributed by atoms with van der Waals surface area (Å²) in [6.07, 6.45) is 1.50. The standard InChI is InChI=1S/C20H21N5O2/c1-13-2-4-14(5-3-13)9-22-19-18(21)20(25-11-24-19)23-10-15-6-7-16-17(8-15)27-12-26-16/h2-8,11H,9-10,12,21H2,1H3,(H2,22,23,24,25). The van der Waals surface area contributed by atoms with Crippen LogP contribution < -0.4 is 25.8 Å². The molecule has 2 heterocycles. The molecule has 0 unspecified atom stereocenters. The first-order chi connectivity index (χ1) is 13.2. The highest BCUT2D eigenvalue weighted by Crippen LogP contribution is 2.33. The minimum Gasteiger partial charge on any atom is -0.454 e. The number of ether oxygens (including phenoxy) is 2. The Labute approximate surface area is 157 Å². The number of nitrogen functional groups attached to an aromatic ring is 1. The topological polar surface area (TPSA) is 94.3 Å². The quantitative estimate of drug-likeness (QED) is 0.618. The molecule has 0 saturated heterocycles. The summed E-state index contributed by atoms with van der Waals surface area (Å²) in [5, 5.41) is 6.52. The summed E-state index contributed by atoms with van der Waals surface area (Å²) in [5.41, 5.74) is 10.2. The van der Waals surface area contributed by atoms with E-state index in [1.165, 1.54) is 11.9 Å². The van der Waals surface area contributed by atoms with E-state index in [1.54, 1.807) is 0 Å². The van der Waals surface area contributed by atoms with Crippen LogP contribution in [-0.2, 0) is 13.1 Å². The lowest BCUT2D eigenvalue weighted by molar-refractivity contribution is 0.174. The second kappa shape index (κ2) is 7.41. The van der Waals surface area contributed by atoms with Gasteiger partial charge in [0.05, 0.1) is 0 Å². The maximum absolute atomic E-state index is 6.23. The van der Waals surface area contributed by atoms with Crippen LogP contribution >= 0.6 is 0 Å². The third-order valence-corrected chi connectivity index (χ3v) is 4.36. The van der Waals surface area contributed by atoms with E-state index in [9.17, 15) is 0 Å². The van der Waals surface area contributed by atoms with E-state index in [2.05, 4.69) is 51.8 Å². The zero-order valence-electron chi connectivity index (χ0n) is 15.0. The summed E-state index contributed by atoms with van der Waals surface area (Å²) in [5.74, 6) is 2.72. The molecule has 0 bridgehead atoms. The zero-order chi connectivity index (χ0) is 18.6. The summed E-state index contributed by atoms with van der Waals surface area (Å²) in [6, 6.07) is 14.2. The van der Waals surface area contributed by atoms with Crippen LogP contribution in [0, 0.1) is 6.92 Å². The van der Waals surface area contributed by atoms with E-state index in [-0.39, 0.29) is 6.79 Å². The van der Waals surface area contributed by atoms with Gasteiger partial charge >= 0.3 is 0 Å². The maximum Gasteiger partial charge on any atom is 0.231 e. The van der Waals surface area contributed by atoms with Crippen LogP contribution in [0.25, 0.3) is 0 Å². The van der Waals surface area contributed by atoms with E-state index in [0.717, 1.165) is 22.6 Å². The monoisotopic (exact) mass is 363 g/mol. The van der Waals surface area contributed by atoms with E-state index < -0.39 is 0 Å². The van der Waals surface area contributed by atoms with Gasteiger partial charge in [-0.1, -0.05) is 35.9 Å². The van der Waals surface area contributed by atoms with Crippen molar-refractivity contribution in [2.45, 2.75) is 20.0 Å². The highest BCUT2D eigenvalue weighted by Gasteiger charge is 2.13. The van der Waals surface area contributed by atoms with E-state index in [0.29, 0.717) is 30.4 Å². The second-order valence-corrected chi connectivity index (χ2v) is 6.36. The van der Waals surface area contributed by atoms with Crippen LogP contribution in [-0.4, -0.2) is 16.8 Å². The average molecular weight is 363 g/mol. The number of nitrogens with two attached hydrogens (primary N) is 1. The molecule has 1 aliphatic rings. The van der Waals surface area contributed by atoms with E-state index in [1.807, 2.05) is 18.2 Å². The molecule has 4 rings (SSSR count). The SMILES string of the molecule is Cc1ccc(CNc2ncnc(NCc3ccc4c(c3)OCO4)c2N)cc1. The summed E-state index contributed by atoms with van der Waals surface area (Å²) in [7, 11) is 0. The molecule has 138 valence electrons. The van der Waals surface area contributed by atoms with Crippen molar-refractivity contribution >= 4 is 17.3 Å². The van der Waals surface area contributed by atoms with Crippen LogP contribution in [0.15, 0.2) is 48.8 Å². The number of nitrogens with zero attached hydrogens (tertiary/aromatic N) is 2. The third kappa shape index (κ3) is 3.87. The van der Waals surface area contributed by atoms with Crippen LogP contribution in [0.5, 0.6) is 11.5 Å². The van der Waals surface area contributed by atoms with Crippen molar-refractivity contribution in [1.29, 1.82) is 0 Å². The molecule has 27 heavy (non-hydrogen) atoms. The normalized spacial score (nSPS) is 12.0. The molecule has 7 heteroatoms. The summed E-state index contributed by atoms with van der Waals surface area (Å²) in [4.78, 5) is 8.50. The van der Waals surface area contributed by atoms with Crippen LogP contribution in [0.3, 0.4) is 0 Å². The van der Waals surface area contributed by atoms with Gasteiger partial charge in [-0.05, 0) is 30.2 Å². The Morgan fingerprint density at radius 3 is 2.26 bits per heavy atom. The molecule has 0 fully saturated rings. The van der Waals surface area contributed by atoms with Crippen molar-refractivity contribution in [3.63, 3.8) is 0 Å². The van der Waals surface area contributed by atoms with Gasteiger partial charge in [-0.2, -0.15) is 0 Å². The minimum absolute atomic E-state index is 0.265. The number of aryl methyl sites for hydroxylation is 1. The number of hydrogen-bond acceptors (Lipinski definition) is 7. The lowest BCUT2D eigenvalue weighted by Crippen LogP contribution is -2.10. The molecule has 0 saturated carbocycles. The molecule has 2 aromatic carbocycles. The number of nitrogens with one attached hydrogen (secondary N) is 2. The number of anilines is 3. The molecule has 1 aromatic heterocycles. The van der Waals surface area contributed by atoms with Gasteiger partial charge in [0.25, 0.3) is 0 Å². The Balaban J connectivity index is 1.41. The Bertz CT molecular complexity index is 944. The zero-order valence-corrected chi connectivity index (χ0v) is 15.0. The predicted molar refractivity (Wildman–Crippen MR) is 105 cm³/mol. The summed E-state index contributed by atoms with van der Waals surface area (Å²) < 4.78 is 10.7. The third-order valence-electron chi connectivity index (χ3n) is 4.36. The Kier molecular flexibility index (Phi) is 4.65. The lowest BCUT2D eigenvalue weighted by atomic mass is 10.1. The van der Waals surface area contributed by atoms with Crippen molar-refractivity contribution in [2.75, 3.05) is 23.2 Å². The molecule has 1 aliphatic heterocycles. The largest absolute Gasteiger partial charge is 0.454 e. The first-order valence-corrected chi connectivity index (χ1v) is 8.71. The van der Waals surface area contributed by atoms with E-state index >= 15 is 0 Å². The smallest absolute Gasteiger partial charge is 0.231 e. The number of fused-ring (bicyclic) bond motifs is 1. The highest BCUT2D eigenvalue weighted by atomic mass is 16.7. The molecule has 4 N–H and O–H groups in total. The predicted octanol–water partition coefficient (Wildman–Crippen LogP) is 3.32. The fourth-order valence-electron chi connectivity index (χ4n) is 2.81. The molecule has 7 nitrogen and oxygen atoms in total. The lowest BCUT2D eigenvalue weighted by Gasteiger charge is -2.13. The minimum atomic E-state index is 0.265. The summed E-state index contributed by atoms with van der Waals surface area (Å²) in [6.45, 7) is 3.54. The fraction of sp³-hybridized carbons (Fsp3) is 0.200. The van der Waals surface area contributed by atoms with Gasteiger partial charge in [0.15, 0.2) is 23.1 Å². The van der Waals surface area contributed by atoms with Gasteiger partial charge in [0.2, 0.25) is 6.79 Å². The molecule has 0 spiro atoms. The molecular formula is C20H21N5O2. The number of aromatic nitrogens is 2. The van der Waals surface area contributed by atoms with Crippen molar-refractivity contribution in [2.24, 2.45) is 0 Å². The number of benzene rings is 2. The molecule has 0 amide bonds. The van der Waals surface area contributed by atoms with Gasteiger partial charge < -0.3 is 25.8 Å². The van der Waals surface area contributed by atoms with Gasteiger partial charge in [0.1, 0.15) is 12.0 Å². The van der Waals surface area contributed by atoms with Crippen LogP contribution in [0.2, 0.25) is 0 Å². The van der Waals surface area contributed by atoms with Crippen molar-refractivity contribution in [1.82, 2.24) is 9.97 Å². The molecule has 0 radical (unpaired) electrons. The van der Waals surface area contributed by atoms with Gasteiger partial charge in [0, 0.05) is 13.1 Å². The molecular weight excluding hydrogens is 342 g/mol. The number of rotatable bonds is 6. The summed E-state index contributed by atoms with van der Waals surface area (Å²) >= 11 is 0. The Morgan fingerprint density at radius 2 is 1.52 bits per heavy atom. The van der Waals surface area contributed by atoms with Gasteiger partial charge in [-0.25, -0.2) is 9.97 Å². The highest BCUT2D eigenvalue weighted by molar-refractivity contribution is 5.74. The Hall–Kier alpha value is -3.48. The fourth-order valence-corrected chi connectivity index (χ4v) is 2.81.